The van der Waals surface area contributed by atoms with Gasteiger partial charge in [0.1, 0.15) is 29.6 Å². The van der Waals surface area contributed by atoms with Gasteiger partial charge in [-0.2, -0.15) is 0 Å². The molecule has 6 rings (SSSR count). The second-order valence-corrected chi connectivity index (χ2v) is 16.8. The quantitative estimate of drug-likeness (QED) is 0.0346. The first-order valence-electron chi connectivity index (χ1n) is 20.4. The zero-order chi connectivity index (χ0) is 44.2. The molecule has 2 fully saturated rings. The number of rotatable bonds is 16. The third-order valence-electron chi connectivity index (χ3n) is 11.0. The van der Waals surface area contributed by atoms with Crippen molar-refractivity contribution < 1.29 is 57.2 Å². The van der Waals surface area contributed by atoms with Crippen LogP contribution in [-0.4, -0.2) is 70.0 Å². The first-order valence-corrected chi connectivity index (χ1v) is 21.6. The Morgan fingerprint density at radius 2 is 1.18 bits per heavy atom. The molecule has 0 saturated heterocycles. The molecule has 0 spiro atoms. The van der Waals surface area contributed by atoms with Crippen molar-refractivity contribution in [3.05, 3.63) is 105 Å². The Morgan fingerprint density at radius 3 is 1.73 bits per heavy atom. The third-order valence-corrected chi connectivity index (χ3v) is 12.3. The molecule has 1 aromatic heterocycles. The highest BCUT2D eigenvalue weighted by atomic mass is 35.5. The van der Waals surface area contributed by atoms with Crippen LogP contribution in [0.4, 0.5) is 5.69 Å². The van der Waals surface area contributed by atoms with Gasteiger partial charge < -0.3 is 33.3 Å². The van der Waals surface area contributed by atoms with Gasteiger partial charge in [-0.1, -0.05) is 11.6 Å². The van der Waals surface area contributed by atoms with Gasteiger partial charge in [-0.3, -0.25) is 28.8 Å². The molecule has 0 radical (unpaired) electrons. The molecule has 0 bridgehead atoms. The Balaban J connectivity index is 1.03. The van der Waals surface area contributed by atoms with Crippen LogP contribution >= 0.6 is 22.9 Å². The Kier molecular flexibility index (Phi) is 16.1. The summed E-state index contributed by atoms with van der Waals surface area (Å²) in [4.78, 5) is 80.1. The summed E-state index contributed by atoms with van der Waals surface area (Å²) < 4.78 is 33.1. The number of ether oxygens (including phenoxy) is 6. The molecule has 0 unspecified atom stereocenters. The molecule has 2 saturated carbocycles. The molecule has 62 heavy (non-hydrogen) atoms. The summed E-state index contributed by atoms with van der Waals surface area (Å²) in [6, 6.07) is 21.3. The highest BCUT2D eigenvalue weighted by Gasteiger charge is 2.34. The summed E-state index contributed by atoms with van der Waals surface area (Å²) in [6.45, 7) is 0.485. The van der Waals surface area contributed by atoms with Gasteiger partial charge in [-0.05, 0) is 142 Å². The average Bonchev–Trinajstić information content (AvgIpc) is 3.74. The number of hydrogen-bond acceptors (Lipinski definition) is 13. The minimum Gasteiger partial charge on any atom is -0.497 e. The monoisotopic (exact) mass is 885 g/mol. The lowest BCUT2D eigenvalue weighted by atomic mass is 9.82. The molecular formula is C47H48ClNO12S. The largest absolute Gasteiger partial charge is 0.497 e. The maximum absolute atomic E-state index is 13.4. The topological polar surface area (TPSA) is 161 Å². The van der Waals surface area contributed by atoms with Crippen molar-refractivity contribution >= 4 is 70.3 Å². The molecule has 1 amide bonds. The van der Waals surface area contributed by atoms with Crippen molar-refractivity contribution in [2.45, 2.75) is 51.4 Å². The fourth-order valence-electron chi connectivity index (χ4n) is 7.35. The fraction of sp³-hybridized carbons (Fsp3) is 0.362. The second-order valence-electron chi connectivity index (χ2n) is 15.1. The van der Waals surface area contributed by atoms with E-state index in [1.807, 2.05) is 0 Å². The predicted molar refractivity (Wildman–Crippen MR) is 232 cm³/mol. The first kappa shape index (κ1) is 45.7. The zero-order valence-electron chi connectivity index (χ0n) is 34.7. The van der Waals surface area contributed by atoms with Crippen LogP contribution in [0.25, 0.3) is 6.08 Å². The second kappa shape index (κ2) is 21.8. The molecule has 2 aliphatic carbocycles. The Hall–Kier alpha value is -5.83. The van der Waals surface area contributed by atoms with Crippen LogP contribution in [0.3, 0.4) is 0 Å². The summed E-state index contributed by atoms with van der Waals surface area (Å²) in [7, 11) is 4.75. The van der Waals surface area contributed by atoms with E-state index in [0.29, 0.717) is 95.5 Å². The van der Waals surface area contributed by atoms with Crippen molar-refractivity contribution in [3.63, 3.8) is 0 Å². The molecule has 2 aliphatic rings. The van der Waals surface area contributed by atoms with E-state index in [1.54, 1.807) is 74.8 Å². The van der Waals surface area contributed by atoms with E-state index < -0.39 is 35.7 Å². The molecular weight excluding hydrogens is 838 g/mol. The van der Waals surface area contributed by atoms with E-state index in [1.165, 1.54) is 42.4 Å². The van der Waals surface area contributed by atoms with E-state index in [4.69, 9.17) is 40.0 Å². The number of hydrogen-bond donors (Lipinski definition) is 0. The van der Waals surface area contributed by atoms with Gasteiger partial charge in [-0.25, -0.2) is 0 Å². The number of thiophene rings is 1. The Morgan fingerprint density at radius 1 is 0.645 bits per heavy atom. The van der Waals surface area contributed by atoms with Gasteiger partial charge in [0.15, 0.2) is 5.78 Å². The minimum absolute atomic E-state index is 0.173. The zero-order valence-corrected chi connectivity index (χ0v) is 36.2. The van der Waals surface area contributed by atoms with E-state index in [0.717, 1.165) is 11.3 Å². The number of carbonyl (C=O) groups is 6. The number of benzene rings is 3. The van der Waals surface area contributed by atoms with Crippen molar-refractivity contribution in [3.8, 4) is 23.0 Å². The highest BCUT2D eigenvalue weighted by Crippen LogP contribution is 2.35. The smallest absolute Gasteiger partial charge is 0.314 e. The third kappa shape index (κ3) is 12.2. The number of ketones is 1. The van der Waals surface area contributed by atoms with E-state index >= 15 is 0 Å². The molecule has 13 nitrogen and oxygen atoms in total. The van der Waals surface area contributed by atoms with E-state index in [2.05, 4.69) is 0 Å². The van der Waals surface area contributed by atoms with Gasteiger partial charge in [0, 0.05) is 31.0 Å². The SMILES string of the molecule is COCCOC(=O)C1CCC(C(=O)Oc2ccc(OC(=O)C3CCC(C(=O)Oc4ccc(N(C)C(=O)c5ccc(OC)cc5)cc4)CC3)cc2/C=C/C(=O)c2ccc(Cl)s2)CC1. The normalized spacial score (nSPS) is 18.6. The fourth-order valence-corrected chi connectivity index (χ4v) is 8.32. The van der Waals surface area contributed by atoms with Crippen LogP contribution in [0, 0.1) is 23.7 Å². The molecule has 4 aromatic rings. The number of carbonyl (C=O) groups excluding carboxylic acids is 6. The number of amides is 1. The molecule has 0 aliphatic heterocycles. The van der Waals surface area contributed by atoms with Crippen LogP contribution in [0.2, 0.25) is 4.34 Å². The number of esters is 4. The Bertz CT molecular complexity index is 2250. The lowest BCUT2D eigenvalue weighted by molar-refractivity contribution is -0.153. The van der Waals surface area contributed by atoms with Crippen LogP contribution in [0.15, 0.2) is 84.9 Å². The summed E-state index contributed by atoms with van der Waals surface area (Å²) in [5.41, 5.74) is 1.46. The van der Waals surface area contributed by atoms with Crippen molar-refractivity contribution in [2.24, 2.45) is 23.7 Å². The lowest BCUT2D eigenvalue weighted by Crippen LogP contribution is -2.30. The standard InChI is InChI=1S/C47H48ClNO12S/c1-49(43(51)29-12-17-36(57-3)18-13-29)35-15-19-37(20-16-35)59-45(53)31-8-10-32(11-9-31)46(54)60-38-21-23-40(34(28-38)14-22-39(50)41-24-25-42(48)62-41)61-47(55)33-6-4-30(5-7-33)44(52)58-27-26-56-2/h12-25,28,30-33H,4-11,26-27H2,1-3H3/b22-14+. The van der Waals surface area contributed by atoms with Crippen LogP contribution < -0.4 is 23.8 Å². The first-order chi connectivity index (χ1) is 29.9. The summed E-state index contributed by atoms with van der Waals surface area (Å²) in [6.07, 6.45) is 6.34. The summed E-state index contributed by atoms with van der Waals surface area (Å²) in [5.74, 6) is -2.42. The molecule has 15 heteroatoms. The van der Waals surface area contributed by atoms with Crippen molar-refractivity contribution in [2.75, 3.05) is 39.4 Å². The molecule has 1 heterocycles. The van der Waals surface area contributed by atoms with Crippen LogP contribution in [-0.2, 0) is 28.7 Å². The van der Waals surface area contributed by atoms with Gasteiger partial charge in [-0.15, -0.1) is 11.3 Å². The lowest BCUT2D eigenvalue weighted by Gasteiger charge is -2.26. The Labute approximate surface area is 368 Å². The van der Waals surface area contributed by atoms with Gasteiger partial charge in [0.05, 0.1) is 46.6 Å². The molecule has 3 aromatic carbocycles. The van der Waals surface area contributed by atoms with Crippen LogP contribution in [0.1, 0.15) is 77.0 Å². The van der Waals surface area contributed by atoms with Crippen molar-refractivity contribution in [1.29, 1.82) is 0 Å². The average molecular weight is 886 g/mol. The van der Waals surface area contributed by atoms with Gasteiger partial charge >= 0.3 is 23.9 Å². The van der Waals surface area contributed by atoms with Gasteiger partial charge in [0.2, 0.25) is 0 Å². The van der Waals surface area contributed by atoms with Crippen LogP contribution in [0.5, 0.6) is 23.0 Å². The number of anilines is 1. The summed E-state index contributed by atoms with van der Waals surface area (Å²) >= 11 is 7.17. The minimum atomic E-state index is -0.470. The number of methoxy groups -OCH3 is 2. The molecule has 0 N–H and O–H groups in total. The number of allylic oxidation sites excluding steroid dienone is 1. The van der Waals surface area contributed by atoms with E-state index in [9.17, 15) is 28.8 Å². The van der Waals surface area contributed by atoms with E-state index in [-0.39, 0.29) is 41.7 Å². The molecule has 0 atom stereocenters. The van der Waals surface area contributed by atoms with Gasteiger partial charge in [0.25, 0.3) is 5.91 Å². The summed E-state index contributed by atoms with van der Waals surface area (Å²) in [5, 5.41) is 0. The molecule has 326 valence electrons. The maximum Gasteiger partial charge on any atom is 0.314 e. The predicted octanol–water partition coefficient (Wildman–Crippen LogP) is 8.80. The number of nitrogens with zero attached hydrogens (tertiary/aromatic N) is 1. The highest BCUT2D eigenvalue weighted by molar-refractivity contribution is 7.18. The van der Waals surface area contributed by atoms with Crippen molar-refractivity contribution in [1.82, 2.24) is 0 Å². The number of halogens is 1. The maximum atomic E-state index is 13.4.